The van der Waals surface area contributed by atoms with Gasteiger partial charge in [0.15, 0.2) is 0 Å². The molecule has 1 aromatic carbocycles. The largest absolute Gasteiger partial charge is 0.496 e. The number of ether oxygens (including phenoxy) is 2. The summed E-state index contributed by atoms with van der Waals surface area (Å²) in [5.41, 5.74) is 6.15. The third-order valence-corrected chi connectivity index (χ3v) is 7.81. The van der Waals surface area contributed by atoms with Gasteiger partial charge in [0.25, 0.3) is 5.56 Å². The van der Waals surface area contributed by atoms with E-state index in [0.29, 0.717) is 16.8 Å². The van der Waals surface area contributed by atoms with Gasteiger partial charge in [-0.2, -0.15) is 0 Å². The van der Waals surface area contributed by atoms with E-state index >= 15 is 0 Å². The molecular weight excluding hydrogens is 598 g/mol. The Labute approximate surface area is 249 Å². The van der Waals surface area contributed by atoms with Gasteiger partial charge in [-0.25, -0.2) is 4.79 Å². The summed E-state index contributed by atoms with van der Waals surface area (Å²) in [6.07, 6.45) is 2.58. The average molecular weight is 643 g/mol. The molecule has 11 heteroatoms. The Balaban J connectivity index is 0.000000316. The second-order valence-corrected chi connectivity index (χ2v) is 12.1. The number of carbonyl (C=O) groups excluding carboxylic acids is 1. The zero-order valence-electron chi connectivity index (χ0n) is 24.7. The highest BCUT2D eigenvalue weighted by atomic mass is 79.9. The number of para-hydroxylation sites is 1. The Morgan fingerprint density at radius 1 is 1.18 bits per heavy atom. The van der Waals surface area contributed by atoms with Crippen LogP contribution in [0.2, 0.25) is 0 Å². The van der Waals surface area contributed by atoms with Crippen molar-refractivity contribution in [3.8, 4) is 5.75 Å². The van der Waals surface area contributed by atoms with Crippen molar-refractivity contribution in [1.29, 1.82) is 0 Å². The number of nitrogens with zero attached hydrogens (tertiary/aromatic N) is 2. The van der Waals surface area contributed by atoms with Gasteiger partial charge in [0.1, 0.15) is 17.1 Å². The molecule has 0 bridgehead atoms. The minimum absolute atomic E-state index is 0.0891. The van der Waals surface area contributed by atoms with E-state index in [-0.39, 0.29) is 6.10 Å². The van der Waals surface area contributed by atoms with Crippen LogP contribution in [0.25, 0.3) is 10.2 Å². The standard InChI is InChI=1S/C11H12BrN3O3S.C9H12O.C5H10O2.C4H10/c1-3-14-10-7(5(2)8(12)19-10)9(17)15(11(14)18)4-6(13)16;1-3-8-6-4-5-7-9(8)10-2;6-5-1-3-7-4-2-5;1-4(2)3/h3-4H2,1-2H3,(H2,13,16);4-7H,3H2,1-2H3;5-6H,1-4H2;4H,1-3H3. The highest BCUT2D eigenvalue weighted by Gasteiger charge is 2.19. The van der Waals surface area contributed by atoms with E-state index in [4.69, 9.17) is 20.3 Å². The van der Waals surface area contributed by atoms with E-state index in [0.717, 1.165) is 58.1 Å². The van der Waals surface area contributed by atoms with Crippen molar-refractivity contribution >= 4 is 43.4 Å². The number of hydrogen-bond acceptors (Lipinski definition) is 7. The zero-order valence-corrected chi connectivity index (χ0v) is 27.1. The molecule has 40 heavy (non-hydrogen) atoms. The summed E-state index contributed by atoms with van der Waals surface area (Å²) in [6.45, 7) is 13.7. The van der Waals surface area contributed by atoms with Crippen LogP contribution in [0, 0.1) is 12.8 Å². The molecule has 0 unspecified atom stereocenters. The second kappa shape index (κ2) is 18.1. The van der Waals surface area contributed by atoms with Crippen LogP contribution >= 0.6 is 27.3 Å². The summed E-state index contributed by atoms with van der Waals surface area (Å²) in [4.78, 5) is 36.1. The molecule has 0 aliphatic carbocycles. The number of benzene rings is 1. The summed E-state index contributed by atoms with van der Waals surface area (Å²) < 4.78 is 13.3. The van der Waals surface area contributed by atoms with Gasteiger partial charge in [0.05, 0.1) is 22.4 Å². The third-order valence-electron chi connectivity index (χ3n) is 5.63. The fourth-order valence-electron chi connectivity index (χ4n) is 3.62. The molecule has 0 saturated carbocycles. The molecule has 1 fully saturated rings. The Hall–Kier alpha value is -2.47. The molecule has 0 spiro atoms. The highest BCUT2D eigenvalue weighted by Crippen LogP contribution is 2.32. The fraction of sp³-hybridized carbons (Fsp3) is 0.552. The lowest BCUT2D eigenvalue weighted by Gasteiger charge is -2.15. The summed E-state index contributed by atoms with van der Waals surface area (Å²) >= 11 is 4.71. The van der Waals surface area contributed by atoms with Crippen LogP contribution < -0.4 is 21.7 Å². The fourth-order valence-corrected chi connectivity index (χ4v) is 5.36. The van der Waals surface area contributed by atoms with Crippen molar-refractivity contribution < 1.29 is 19.4 Å². The lowest BCUT2D eigenvalue weighted by Crippen LogP contribution is -2.42. The number of halogens is 1. The predicted octanol–water partition coefficient (Wildman–Crippen LogP) is 4.88. The number of rotatable bonds is 5. The van der Waals surface area contributed by atoms with Gasteiger partial charge in [-0.3, -0.25) is 18.7 Å². The van der Waals surface area contributed by atoms with E-state index in [2.05, 4.69) is 49.7 Å². The number of methoxy groups -OCH3 is 1. The quantitative estimate of drug-likeness (QED) is 0.409. The maximum atomic E-state index is 12.3. The van der Waals surface area contributed by atoms with E-state index < -0.39 is 23.7 Å². The Morgan fingerprint density at radius 2 is 1.75 bits per heavy atom. The molecule has 0 atom stereocenters. The molecule has 3 heterocycles. The van der Waals surface area contributed by atoms with Gasteiger partial charge < -0.3 is 20.3 Å². The molecule has 1 aliphatic heterocycles. The minimum Gasteiger partial charge on any atom is -0.496 e. The van der Waals surface area contributed by atoms with Crippen molar-refractivity contribution in [3.63, 3.8) is 0 Å². The van der Waals surface area contributed by atoms with Crippen LogP contribution in [0.1, 0.15) is 58.6 Å². The van der Waals surface area contributed by atoms with Crippen LogP contribution in [0.5, 0.6) is 5.75 Å². The molecule has 1 aliphatic rings. The molecular formula is C29H44BrN3O6S. The molecule has 4 rings (SSSR count). The Kier molecular flexibility index (Phi) is 16.1. The molecule has 224 valence electrons. The first-order chi connectivity index (χ1) is 18.9. The second-order valence-electron chi connectivity index (χ2n) is 9.81. The number of fused-ring (bicyclic) bond motifs is 1. The van der Waals surface area contributed by atoms with E-state index in [1.807, 2.05) is 25.1 Å². The van der Waals surface area contributed by atoms with Crippen LogP contribution in [0.3, 0.4) is 0 Å². The van der Waals surface area contributed by atoms with Gasteiger partial charge in [0, 0.05) is 19.8 Å². The predicted molar refractivity (Wildman–Crippen MR) is 167 cm³/mol. The van der Waals surface area contributed by atoms with Crippen molar-refractivity contribution in [2.75, 3.05) is 20.3 Å². The van der Waals surface area contributed by atoms with Gasteiger partial charge in [-0.05, 0) is 72.2 Å². The van der Waals surface area contributed by atoms with Crippen LogP contribution in [0.4, 0.5) is 0 Å². The summed E-state index contributed by atoms with van der Waals surface area (Å²) in [5, 5.41) is 9.29. The number of hydrogen-bond donors (Lipinski definition) is 2. The number of thiophene rings is 1. The number of aliphatic hydroxyl groups is 1. The number of aromatic nitrogens is 2. The minimum atomic E-state index is -0.715. The third kappa shape index (κ3) is 10.8. The maximum Gasteiger partial charge on any atom is 0.332 e. The number of aryl methyl sites for hydroxylation is 3. The molecule has 0 radical (unpaired) electrons. The summed E-state index contributed by atoms with van der Waals surface area (Å²) in [5.74, 6) is 1.11. The SMILES string of the molecule is CC(C)C.CCc1ccccc1OC.CCn1c(=O)n(CC(N)=O)c(=O)c2c(C)c(Br)sc21.OC1CCOCC1. The van der Waals surface area contributed by atoms with Crippen molar-refractivity contribution in [3.05, 3.63) is 60.0 Å². The average Bonchev–Trinajstić information content (AvgIpc) is 3.21. The van der Waals surface area contributed by atoms with Crippen LogP contribution in [0.15, 0.2) is 37.6 Å². The summed E-state index contributed by atoms with van der Waals surface area (Å²) in [6, 6.07) is 8.08. The smallest absolute Gasteiger partial charge is 0.332 e. The highest BCUT2D eigenvalue weighted by molar-refractivity contribution is 9.11. The Bertz CT molecular complexity index is 1300. The van der Waals surface area contributed by atoms with Gasteiger partial charge in [-0.1, -0.05) is 45.9 Å². The number of carbonyl (C=O) groups is 1. The normalized spacial score (nSPS) is 12.9. The Morgan fingerprint density at radius 3 is 2.17 bits per heavy atom. The molecule has 2 aromatic heterocycles. The van der Waals surface area contributed by atoms with E-state index in [1.54, 1.807) is 14.0 Å². The molecule has 3 aromatic rings. The lowest BCUT2D eigenvalue weighted by molar-refractivity contribution is -0.118. The van der Waals surface area contributed by atoms with Crippen LogP contribution in [-0.2, 0) is 29.0 Å². The van der Waals surface area contributed by atoms with E-state index in [9.17, 15) is 14.4 Å². The lowest BCUT2D eigenvalue weighted by atomic mass is 10.1. The number of aliphatic hydroxyl groups excluding tert-OH is 1. The number of nitrogens with two attached hydrogens (primary N) is 1. The number of primary amides is 1. The molecule has 1 amide bonds. The first kappa shape index (κ1) is 35.6. The van der Waals surface area contributed by atoms with Crippen LogP contribution in [-0.4, -0.2) is 46.6 Å². The molecule has 3 N–H and O–H groups in total. The molecule has 1 saturated heterocycles. The first-order valence-corrected chi connectivity index (χ1v) is 15.1. The summed E-state index contributed by atoms with van der Waals surface area (Å²) in [7, 11) is 1.70. The van der Waals surface area contributed by atoms with E-state index in [1.165, 1.54) is 21.5 Å². The van der Waals surface area contributed by atoms with Crippen molar-refractivity contribution in [2.24, 2.45) is 11.7 Å². The van der Waals surface area contributed by atoms with Gasteiger partial charge in [-0.15, -0.1) is 11.3 Å². The van der Waals surface area contributed by atoms with Gasteiger partial charge in [0.2, 0.25) is 5.91 Å². The first-order valence-electron chi connectivity index (χ1n) is 13.5. The topological polar surface area (TPSA) is 126 Å². The van der Waals surface area contributed by atoms with Crippen molar-refractivity contribution in [1.82, 2.24) is 9.13 Å². The monoisotopic (exact) mass is 641 g/mol. The zero-order chi connectivity index (χ0) is 30.4. The van der Waals surface area contributed by atoms with Gasteiger partial charge >= 0.3 is 5.69 Å². The molecule has 9 nitrogen and oxygen atoms in total. The number of amides is 1. The van der Waals surface area contributed by atoms with Crippen molar-refractivity contribution in [2.45, 2.75) is 80.0 Å². The maximum absolute atomic E-state index is 12.3.